The zero-order valence-corrected chi connectivity index (χ0v) is 12.0. The predicted octanol–water partition coefficient (Wildman–Crippen LogP) is 1.09. The molecule has 1 heterocycles. The first-order valence-corrected chi connectivity index (χ1v) is 6.43. The van der Waals surface area contributed by atoms with E-state index in [1.807, 2.05) is 31.2 Å². The van der Waals surface area contributed by atoms with Crippen molar-refractivity contribution in [1.29, 1.82) is 0 Å². The lowest BCUT2D eigenvalue weighted by atomic mass is 10.2. The molecule has 0 saturated carbocycles. The number of hydrogen-bond acceptors (Lipinski definition) is 4. The van der Waals surface area contributed by atoms with Crippen LogP contribution in [0.25, 0.3) is 5.69 Å². The third-order valence-corrected chi connectivity index (χ3v) is 3.07. The molecule has 21 heavy (non-hydrogen) atoms. The van der Waals surface area contributed by atoms with E-state index in [2.05, 4.69) is 15.6 Å². The molecule has 0 aliphatic heterocycles. The lowest BCUT2D eigenvalue weighted by molar-refractivity contribution is -0.138. The maximum absolute atomic E-state index is 12.0. The number of carboxylic acids is 1. The molecule has 0 aliphatic carbocycles. The van der Waals surface area contributed by atoms with Crippen LogP contribution < -0.4 is 5.32 Å². The molecule has 0 bridgehead atoms. The number of aliphatic carboxylic acids is 1. The number of nitrogens with one attached hydrogen (secondary N) is 1. The molecular weight excluding hydrogens is 272 g/mol. The van der Waals surface area contributed by atoms with Gasteiger partial charge in [-0.2, -0.15) is 0 Å². The van der Waals surface area contributed by atoms with Crippen molar-refractivity contribution >= 4 is 11.9 Å². The van der Waals surface area contributed by atoms with E-state index in [1.54, 1.807) is 11.6 Å². The fourth-order valence-corrected chi connectivity index (χ4v) is 1.87. The lowest BCUT2D eigenvalue weighted by Gasteiger charge is -2.08. The Morgan fingerprint density at radius 2 is 2.05 bits per heavy atom. The van der Waals surface area contributed by atoms with E-state index in [0.29, 0.717) is 5.69 Å². The zero-order valence-electron chi connectivity index (χ0n) is 12.0. The molecule has 2 N–H and O–H groups in total. The molecule has 0 aliphatic rings. The van der Waals surface area contributed by atoms with Crippen LogP contribution in [0.2, 0.25) is 0 Å². The first kappa shape index (κ1) is 14.7. The molecule has 2 rings (SSSR count). The second kappa shape index (κ2) is 5.74. The van der Waals surface area contributed by atoms with Crippen LogP contribution in [0.15, 0.2) is 24.3 Å². The summed E-state index contributed by atoms with van der Waals surface area (Å²) in [6.07, 6.45) is 0. The topological polar surface area (TPSA) is 97.1 Å². The zero-order chi connectivity index (χ0) is 15.6. The number of aryl methyl sites for hydroxylation is 1. The number of carboxylic acid groups (broad SMARTS) is 1. The molecule has 0 radical (unpaired) electrons. The number of hydrogen-bond donors (Lipinski definition) is 2. The Kier molecular flexibility index (Phi) is 4.02. The molecule has 2 aromatic rings. The van der Waals surface area contributed by atoms with Crippen molar-refractivity contribution in [2.75, 3.05) is 0 Å². The van der Waals surface area contributed by atoms with Crippen LogP contribution in [-0.4, -0.2) is 38.0 Å². The van der Waals surface area contributed by atoms with Gasteiger partial charge in [0.25, 0.3) is 5.91 Å². The highest BCUT2D eigenvalue weighted by Gasteiger charge is 2.21. The van der Waals surface area contributed by atoms with E-state index in [9.17, 15) is 9.59 Å². The summed E-state index contributed by atoms with van der Waals surface area (Å²) in [5, 5.41) is 19.0. The summed E-state index contributed by atoms with van der Waals surface area (Å²) in [6.45, 7) is 5.06. The van der Waals surface area contributed by atoms with Crippen LogP contribution in [0.4, 0.5) is 0 Å². The van der Waals surface area contributed by atoms with E-state index in [4.69, 9.17) is 5.11 Å². The van der Waals surface area contributed by atoms with Gasteiger partial charge in [0.2, 0.25) is 0 Å². The average Bonchev–Trinajstić information content (AvgIpc) is 2.80. The molecule has 0 unspecified atom stereocenters. The van der Waals surface area contributed by atoms with E-state index in [0.717, 1.165) is 11.3 Å². The van der Waals surface area contributed by atoms with Crippen LogP contribution in [0.5, 0.6) is 0 Å². The summed E-state index contributed by atoms with van der Waals surface area (Å²) in [4.78, 5) is 22.8. The lowest BCUT2D eigenvalue weighted by Crippen LogP contribution is -2.38. The quantitative estimate of drug-likeness (QED) is 0.877. The van der Waals surface area contributed by atoms with Gasteiger partial charge in [-0.3, -0.25) is 9.59 Å². The summed E-state index contributed by atoms with van der Waals surface area (Å²) in [6, 6.07) is 6.64. The van der Waals surface area contributed by atoms with Crippen molar-refractivity contribution in [3.8, 4) is 5.69 Å². The number of carbonyl (C=O) groups excluding carboxylic acids is 1. The van der Waals surface area contributed by atoms with Gasteiger partial charge in [0.1, 0.15) is 6.04 Å². The van der Waals surface area contributed by atoms with E-state index in [1.165, 1.54) is 6.92 Å². The van der Waals surface area contributed by atoms with Crippen molar-refractivity contribution in [2.24, 2.45) is 0 Å². The Bertz CT molecular complexity index is 693. The van der Waals surface area contributed by atoms with Gasteiger partial charge in [-0.25, -0.2) is 4.68 Å². The Morgan fingerprint density at radius 3 is 2.67 bits per heavy atom. The Balaban J connectivity index is 2.29. The molecule has 0 spiro atoms. The SMILES string of the molecule is Cc1cccc(-n2nnc(C(=O)N[C@H](C)C(=O)O)c2C)c1. The van der Waals surface area contributed by atoms with E-state index >= 15 is 0 Å². The predicted molar refractivity (Wildman–Crippen MR) is 75.4 cm³/mol. The number of nitrogens with zero attached hydrogens (tertiary/aromatic N) is 3. The first-order chi connectivity index (χ1) is 9.90. The van der Waals surface area contributed by atoms with Crippen molar-refractivity contribution in [2.45, 2.75) is 26.8 Å². The van der Waals surface area contributed by atoms with Crippen LogP contribution in [0, 0.1) is 13.8 Å². The van der Waals surface area contributed by atoms with Crippen LogP contribution in [0.1, 0.15) is 28.7 Å². The molecule has 1 amide bonds. The van der Waals surface area contributed by atoms with Gasteiger partial charge in [0.05, 0.1) is 11.4 Å². The van der Waals surface area contributed by atoms with Gasteiger partial charge in [0.15, 0.2) is 5.69 Å². The van der Waals surface area contributed by atoms with E-state index in [-0.39, 0.29) is 5.69 Å². The standard InChI is InChI=1S/C14H16N4O3/c1-8-5-4-6-11(7-8)18-10(3)12(16-17-18)13(19)15-9(2)14(20)21/h4-7,9H,1-3H3,(H,15,19)(H,20,21)/t9-/m1/s1. The Morgan fingerprint density at radius 1 is 1.33 bits per heavy atom. The molecule has 1 aromatic carbocycles. The van der Waals surface area contributed by atoms with Gasteiger partial charge in [-0.15, -0.1) is 5.10 Å². The highest BCUT2D eigenvalue weighted by atomic mass is 16.4. The number of amides is 1. The van der Waals surface area contributed by atoms with Gasteiger partial charge >= 0.3 is 5.97 Å². The number of benzene rings is 1. The normalized spacial score (nSPS) is 12.0. The summed E-state index contributed by atoms with van der Waals surface area (Å²) < 4.78 is 1.55. The average molecular weight is 288 g/mol. The molecule has 0 fully saturated rings. The number of aromatic nitrogens is 3. The molecule has 0 saturated heterocycles. The third-order valence-electron chi connectivity index (χ3n) is 3.07. The van der Waals surface area contributed by atoms with Crippen molar-refractivity contribution < 1.29 is 14.7 Å². The molecule has 110 valence electrons. The second-order valence-corrected chi connectivity index (χ2v) is 4.81. The monoisotopic (exact) mass is 288 g/mol. The van der Waals surface area contributed by atoms with E-state index < -0.39 is 17.9 Å². The first-order valence-electron chi connectivity index (χ1n) is 6.43. The smallest absolute Gasteiger partial charge is 0.325 e. The number of rotatable bonds is 4. The van der Waals surface area contributed by atoms with Gasteiger partial charge < -0.3 is 10.4 Å². The molecular formula is C14H16N4O3. The van der Waals surface area contributed by atoms with Gasteiger partial charge in [-0.05, 0) is 38.5 Å². The maximum atomic E-state index is 12.0. The molecule has 7 nitrogen and oxygen atoms in total. The summed E-state index contributed by atoms with van der Waals surface area (Å²) >= 11 is 0. The third kappa shape index (κ3) is 3.07. The molecule has 1 aromatic heterocycles. The Hall–Kier alpha value is -2.70. The number of carbonyl (C=O) groups is 2. The fraction of sp³-hybridized carbons (Fsp3) is 0.286. The second-order valence-electron chi connectivity index (χ2n) is 4.81. The minimum absolute atomic E-state index is 0.115. The fourth-order valence-electron chi connectivity index (χ4n) is 1.87. The van der Waals surface area contributed by atoms with Gasteiger partial charge in [0, 0.05) is 0 Å². The molecule has 7 heteroatoms. The van der Waals surface area contributed by atoms with Crippen molar-refractivity contribution in [3.05, 3.63) is 41.2 Å². The summed E-state index contributed by atoms with van der Waals surface area (Å²) in [5.41, 5.74) is 2.53. The van der Waals surface area contributed by atoms with Crippen molar-refractivity contribution in [1.82, 2.24) is 20.3 Å². The van der Waals surface area contributed by atoms with Gasteiger partial charge in [-0.1, -0.05) is 17.3 Å². The Labute approximate surface area is 121 Å². The van der Waals surface area contributed by atoms with Crippen LogP contribution >= 0.6 is 0 Å². The highest BCUT2D eigenvalue weighted by Crippen LogP contribution is 2.13. The summed E-state index contributed by atoms with van der Waals surface area (Å²) in [5.74, 6) is -1.66. The minimum atomic E-state index is -1.10. The largest absolute Gasteiger partial charge is 0.480 e. The minimum Gasteiger partial charge on any atom is -0.480 e. The maximum Gasteiger partial charge on any atom is 0.325 e. The summed E-state index contributed by atoms with van der Waals surface area (Å²) in [7, 11) is 0. The van der Waals surface area contributed by atoms with Crippen LogP contribution in [-0.2, 0) is 4.79 Å². The van der Waals surface area contributed by atoms with Crippen molar-refractivity contribution in [3.63, 3.8) is 0 Å². The highest BCUT2D eigenvalue weighted by molar-refractivity contribution is 5.95. The molecule has 1 atom stereocenters. The van der Waals surface area contributed by atoms with Crippen LogP contribution in [0.3, 0.4) is 0 Å².